The Kier molecular flexibility index (Phi) is 7.08. The average molecular weight is 462 g/mol. The Bertz CT molecular complexity index is 1110. The molecule has 0 saturated carbocycles. The Hall–Kier alpha value is -2.36. The molecule has 9 heteroatoms. The maximum atomic E-state index is 13.5. The third-order valence-corrected chi connectivity index (χ3v) is 7.92. The van der Waals surface area contributed by atoms with E-state index in [0.29, 0.717) is 40.1 Å². The molecule has 7 nitrogen and oxygen atoms in total. The number of amidine groups is 1. The fraction of sp³-hybridized carbons (Fsp3) is 0.364. The zero-order chi connectivity index (χ0) is 22.8. The highest BCUT2D eigenvalue weighted by atomic mass is 32.2. The minimum Gasteiger partial charge on any atom is -0.492 e. The zero-order valence-electron chi connectivity index (χ0n) is 18.3. The van der Waals surface area contributed by atoms with Gasteiger partial charge in [-0.2, -0.15) is 0 Å². The van der Waals surface area contributed by atoms with Crippen LogP contribution in [0.5, 0.6) is 5.75 Å². The number of ether oxygens (including phenoxy) is 1. The van der Waals surface area contributed by atoms with Gasteiger partial charge in [0, 0.05) is 31.5 Å². The summed E-state index contributed by atoms with van der Waals surface area (Å²) in [7, 11) is -0.713. The van der Waals surface area contributed by atoms with E-state index in [1.165, 1.54) is 38.0 Å². The van der Waals surface area contributed by atoms with Crippen LogP contribution in [0.3, 0.4) is 0 Å². The SMILES string of the molecule is CCOc1ccccc1N=C1SCC(C)N1C(=O)c1cc(S(=O)(=O)N(C)C)ccc1C. The largest absolute Gasteiger partial charge is 0.492 e. The molecule has 1 aliphatic heterocycles. The summed E-state index contributed by atoms with van der Waals surface area (Å²) in [6, 6.07) is 12.0. The summed E-state index contributed by atoms with van der Waals surface area (Å²) in [6.07, 6.45) is 0. The molecule has 0 aliphatic carbocycles. The summed E-state index contributed by atoms with van der Waals surface area (Å²) >= 11 is 1.50. The maximum Gasteiger partial charge on any atom is 0.260 e. The summed E-state index contributed by atoms with van der Waals surface area (Å²) in [5, 5.41) is 0.574. The fourth-order valence-electron chi connectivity index (χ4n) is 3.16. The second kappa shape index (κ2) is 9.42. The normalized spacial score (nSPS) is 18.1. The number of benzene rings is 2. The van der Waals surface area contributed by atoms with Crippen molar-refractivity contribution in [2.24, 2.45) is 4.99 Å². The number of aliphatic imine (C=N–C) groups is 1. The molecule has 0 spiro atoms. The van der Waals surface area contributed by atoms with Crippen molar-refractivity contribution >= 4 is 38.5 Å². The number of hydrogen-bond donors (Lipinski definition) is 0. The molecule has 0 aromatic heterocycles. The fourth-order valence-corrected chi connectivity index (χ4v) is 5.20. The lowest BCUT2D eigenvalue weighted by molar-refractivity contribution is 0.0827. The number of thioether (sulfide) groups is 1. The quantitative estimate of drug-likeness (QED) is 0.652. The van der Waals surface area contributed by atoms with Gasteiger partial charge in [0.1, 0.15) is 11.4 Å². The van der Waals surface area contributed by atoms with Crippen LogP contribution in [0, 0.1) is 6.92 Å². The number of carbonyl (C=O) groups is 1. The topological polar surface area (TPSA) is 79.3 Å². The van der Waals surface area contributed by atoms with Crippen LogP contribution in [0.4, 0.5) is 5.69 Å². The van der Waals surface area contributed by atoms with E-state index in [2.05, 4.69) is 0 Å². The van der Waals surface area contributed by atoms with Gasteiger partial charge in [-0.1, -0.05) is 30.0 Å². The zero-order valence-corrected chi connectivity index (χ0v) is 20.0. The standard InChI is InChI=1S/C22H27N3O4S2/c1-6-29-20-10-8-7-9-19(20)23-22-25(16(3)14-30-22)21(26)18-13-17(12-11-15(18)2)31(27,28)24(4)5/h7-13,16H,6,14H2,1-5H3. The van der Waals surface area contributed by atoms with Crippen molar-refractivity contribution in [2.75, 3.05) is 26.5 Å². The molecule has 1 unspecified atom stereocenters. The summed E-state index contributed by atoms with van der Waals surface area (Å²) in [5.74, 6) is 1.09. The lowest BCUT2D eigenvalue weighted by atomic mass is 10.1. The van der Waals surface area contributed by atoms with Crippen LogP contribution in [-0.2, 0) is 10.0 Å². The van der Waals surface area contributed by atoms with E-state index in [4.69, 9.17) is 9.73 Å². The number of amides is 1. The van der Waals surface area contributed by atoms with E-state index < -0.39 is 10.0 Å². The smallest absolute Gasteiger partial charge is 0.260 e. The lowest BCUT2D eigenvalue weighted by Gasteiger charge is -2.23. The third kappa shape index (κ3) is 4.78. The average Bonchev–Trinajstić information content (AvgIpc) is 3.09. The van der Waals surface area contributed by atoms with Crippen molar-refractivity contribution in [2.45, 2.75) is 31.7 Å². The van der Waals surface area contributed by atoms with Crippen LogP contribution < -0.4 is 4.74 Å². The molecule has 31 heavy (non-hydrogen) atoms. The van der Waals surface area contributed by atoms with Crippen molar-refractivity contribution in [3.8, 4) is 5.75 Å². The van der Waals surface area contributed by atoms with Gasteiger partial charge in [0.2, 0.25) is 10.0 Å². The van der Waals surface area contributed by atoms with Gasteiger partial charge in [-0.05, 0) is 50.6 Å². The van der Waals surface area contributed by atoms with Gasteiger partial charge in [0.25, 0.3) is 5.91 Å². The van der Waals surface area contributed by atoms with Crippen molar-refractivity contribution in [3.63, 3.8) is 0 Å². The van der Waals surface area contributed by atoms with Crippen molar-refractivity contribution in [1.82, 2.24) is 9.21 Å². The van der Waals surface area contributed by atoms with Gasteiger partial charge in [-0.25, -0.2) is 17.7 Å². The van der Waals surface area contributed by atoms with Crippen LogP contribution in [0.2, 0.25) is 0 Å². The van der Waals surface area contributed by atoms with E-state index in [1.54, 1.807) is 17.9 Å². The molecule has 1 fully saturated rings. The Labute approximate surface area is 188 Å². The summed E-state index contributed by atoms with van der Waals surface area (Å²) in [6.45, 7) is 6.18. The van der Waals surface area contributed by atoms with Gasteiger partial charge >= 0.3 is 0 Å². The Balaban J connectivity index is 2.02. The minimum atomic E-state index is -3.65. The summed E-state index contributed by atoms with van der Waals surface area (Å²) < 4.78 is 31.9. The molecule has 3 rings (SSSR count). The molecule has 1 atom stereocenters. The number of sulfonamides is 1. The number of carbonyl (C=O) groups excluding carboxylic acids is 1. The molecule has 0 bridgehead atoms. The molecule has 2 aromatic carbocycles. The molecule has 0 N–H and O–H groups in total. The van der Waals surface area contributed by atoms with Crippen LogP contribution in [-0.4, -0.2) is 61.2 Å². The van der Waals surface area contributed by atoms with Crippen LogP contribution in [0.25, 0.3) is 0 Å². The van der Waals surface area contributed by atoms with Gasteiger partial charge in [0.15, 0.2) is 5.17 Å². The van der Waals surface area contributed by atoms with Gasteiger partial charge in [0.05, 0.1) is 11.5 Å². The molecule has 166 valence electrons. The number of nitrogens with zero attached hydrogens (tertiary/aromatic N) is 3. The first kappa shape index (κ1) is 23.3. The first-order valence-corrected chi connectivity index (χ1v) is 12.4. The second-order valence-corrected chi connectivity index (χ2v) is 10.5. The highest BCUT2D eigenvalue weighted by molar-refractivity contribution is 8.14. The summed E-state index contributed by atoms with van der Waals surface area (Å²) in [5.41, 5.74) is 1.71. The first-order valence-electron chi connectivity index (χ1n) is 9.96. The first-order chi connectivity index (χ1) is 14.7. The van der Waals surface area contributed by atoms with Gasteiger partial charge in [-0.3, -0.25) is 9.69 Å². The highest BCUT2D eigenvalue weighted by Gasteiger charge is 2.34. The number of aryl methyl sites for hydroxylation is 1. The summed E-state index contributed by atoms with van der Waals surface area (Å²) in [4.78, 5) is 20.0. The van der Waals surface area contributed by atoms with Crippen molar-refractivity contribution in [3.05, 3.63) is 53.6 Å². The third-order valence-electron chi connectivity index (χ3n) is 4.92. The van der Waals surface area contributed by atoms with Gasteiger partial charge < -0.3 is 4.74 Å². The number of hydrogen-bond acceptors (Lipinski definition) is 6. The van der Waals surface area contributed by atoms with E-state index in [-0.39, 0.29) is 16.8 Å². The molecule has 1 amide bonds. The van der Waals surface area contributed by atoms with Crippen molar-refractivity contribution < 1.29 is 17.9 Å². The molecule has 1 heterocycles. The molecule has 1 saturated heterocycles. The van der Waals surface area contributed by atoms with E-state index in [1.807, 2.05) is 38.1 Å². The van der Waals surface area contributed by atoms with E-state index in [9.17, 15) is 13.2 Å². The molecule has 2 aromatic rings. The Morgan fingerprint density at radius 2 is 1.97 bits per heavy atom. The number of rotatable bonds is 6. The van der Waals surface area contributed by atoms with Gasteiger partial charge in [-0.15, -0.1) is 0 Å². The van der Waals surface area contributed by atoms with Crippen LogP contribution in [0.15, 0.2) is 52.4 Å². The lowest BCUT2D eigenvalue weighted by Crippen LogP contribution is -2.38. The van der Waals surface area contributed by atoms with Crippen LogP contribution >= 0.6 is 11.8 Å². The van der Waals surface area contributed by atoms with E-state index >= 15 is 0 Å². The Morgan fingerprint density at radius 1 is 1.26 bits per heavy atom. The molecular formula is C22H27N3O4S2. The molecule has 0 radical (unpaired) electrons. The minimum absolute atomic E-state index is 0.0796. The van der Waals surface area contributed by atoms with Crippen LogP contribution in [0.1, 0.15) is 29.8 Å². The predicted molar refractivity (Wildman–Crippen MR) is 125 cm³/mol. The van der Waals surface area contributed by atoms with E-state index in [0.717, 1.165) is 4.31 Å². The number of para-hydroxylation sites is 2. The highest BCUT2D eigenvalue weighted by Crippen LogP contribution is 2.33. The second-order valence-electron chi connectivity index (χ2n) is 7.39. The molecule has 1 aliphatic rings. The monoisotopic (exact) mass is 461 g/mol. The van der Waals surface area contributed by atoms with Crippen molar-refractivity contribution in [1.29, 1.82) is 0 Å². The maximum absolute atomic E-state index is 13.5. The molecular weight excluding hydrogens is 434 g/mol. The Morgan fingerprint density at radius 3 is 2.65 bits per heavy atom. The predicted octanol–water partition coefficient (Wildman–Crippen LogP) is 3.91.